The van der Waals surface area contributed by atoms with E-state index in [0.29, 0.717) is 6.04 Å². The van der Waals surface area contributed by atoms with E-state index in [1.807, 2.05) is 0 Å². The van der Waals surface area contributed by atoms with Crippen LogP contribution in [-0.2, 0) is 25.9 Å². The fourth-order valence-corrected chi connectivity index (χ4v) is 4.51. The van der Waals surface area contributed by atoms with Crippen LogP contribution in [0.25, 0.3) is 0 Å². The summed E-state index contributed by atoms with van der Waals surface area (Å²) < 4.78 is 0. The second-order valence-electron chi connectivity index (χ2n) is 6.49. The number of unbranched alkanes of at least 4 members (excludes halogenated alkanes) is 1. The summed E-state index contributed by atoms with van der Waals surface area (Å²) in [5.41, 5.74) is 2.93. The quantitative estimate of drug-likeness (QED) is 0.592. The number of hydrogen-bond donors (Lipinski definition) is 2. The van der Waals surface area contributed by atoms with Gasteiger partial charge in [-0.2, -0.15) is 0 Å². The van der Waals surface area contributed by atoms with Gasteiger partial charge in [0.15, 0.2) is 0 Å². The summed E-state index contributed by atoms with van der Waals surface area (Å²) in [4.78, 5) is 2.63. The van der Waals surface area contributed by atoms with E-state index >= 15 is 0 Å². The number of thiophene rings is 1. The zero-order valence-corrected chi connectivity index (χ0v) is 14.6. The van der Waals surface area contributed by atoms with Gasteiger partial charge in [-0.15, -0.1) is 11.3 Å². The highest BCUT2D eigenvalue weighted by atomic mass is 32.1. The molecule has 1 aromatic carbocycles. The molecule has 0 bridgehead atoms. The number of aryl methyl sites for hydroxylation is 3. The summed E-state index contributed by atoms with van der Waals surface area (Å²) >= 11 is 1.80. The average molecular weight is 330 g/mol. The molecule has 1 heterocycles. The van der Waals surface area contributed by atoms with Gasteiger partial charge in [0.1, 0.15) is 0 Å². The van der Waals surface area contributed by atoms with Crippen molar-refractivity contribution in [2.75, 3.05) is 6.54 Å². The lowest BCUT2D eigenvalue weighted by molar-refractivity contribution is 0.285. The van der Waals surface area contributed by atoms with E-state index in [9.17, 15) is 5.11 Å². The minimum Gasteiger partial charge on any atom is -0.391 e. The number of rotatable bonds is 7. The lowest BCUT2D eigenvalue weighted by Crippen LogP contribution is -2.30. The predicted molar refractivity (Wildman–Crippen MR) is 98.1 cm³/mol. The maximum atomic E-state index is 9.26. The first kappa shape index (κ1) is 16.7. The Bertz CT molecular complexity index is 567. The third-order valence-electron chi connectivity index (χ3n) is 4.75. The molecule has 1 aromatic heterocycles. The largest absolute Gasteiger partial charge is 0.391 e. The molecule has 0 saturated heterocycles. The summed E-state index contributed by atoms with van der Waals surface area (Å²) in [5, 5.41) is 13.0. The third-order valence-corrected chi connectivity index (χ3v) is 5.98. The van der Waals surface area contributed by atoms with E-state index in [-0.39, 0.29) is 6.61 Å². The summed E-state index contributed by atoms with van der Waals surface area (Å²) in [6.07, 6.45) is 8.49. The van der Waals surface area contributed by atoms with Gasteiger partial charge in [-0.25, -0.2) is 0 Å². The molecule has 3 rings (SSSR count). The van der Waals surface area contributed by atoms with Crippen LogP contribution in [0.1, 0.15) is 46.6 Å². The lowest BCUT2D eigenvalue weighted by atomic mass is 10.1. The first-order valence-corrected chi connectivity index (χ1v) is 9.65. The number of nitrogens with one attached hydrogen (secondary N) is 1. The average Bonchev–Trinajstić information content (AvgIpc) is 2.90. The Balaban J connectivity index is 1.35. The minimum atomic E-state index is 0.195. The molecule has 0 amide bonds. The molecule has 0 saturated carbocycles. The SMILES string of the molecule is OCc1cc2c(s1)CCC(NCCCCc1ccccc1)CC2. The fraction of sp³-hybridized carbons (Fsp3) is 0.500. The van der Waals surface area contributed by atoms with E-state index in [1.165, 1.54) is 54.5 Å². The molecule has 23 heavy (non-hydrogen) atoms. The topological polar surface area (TPSA) is 32.3 Å². The molecule has 3 heteroatoms. The summed E-state index contributed by atoms with van der Waals surface area (Å²) in [6, 6.07) is 13.6. The van der Waals surface area contributed by atoms with Crippen LogP contribution in [0.4, 0.5) is 0 Å². The van der Waals surface area contributed by atoms with E-state index < -0.39 is 0 Å². The molecule has 0 fully saturated rings. The summed E-state index contributed by atoms with van der Waals surface area (Å²) in [5.74, 6) is 0. The Kier molecular flexibility index (Phi) is 6.26. The van der Waals surface area contributed by atoms with E-state index in [4.69, 9.17) is 0 Å². The first-order valence-electron chi connectivity index (χ1n) is 8.84. The smallest absolute Gasteiger partial charge is 0.0774 e. The summed E-state index contributed by atoms with van der Waals surface area (Å²) in [7, 11) is 0. The third kappa shape index (κ3) is 4.90. The van der Waals surface area contributed by atoms with E-state index in [0.717, 1.165) is 17.8 Å². The molecule has 0 spiro atoms. The van der Waals surface area contributed by atoms with Gasteiger partial charge in [0, 0.05) is 15.8 Å². The minimum absolute atomic E-state index is 0.195. The molecule has 2 nitrogen and oxygen atoms in total. The van der Waals surface area contributed by atoms with Gasteiger partial charge in [-0.05, 0) is 68.7 Å². The monoisotopic (exact) mass is 329 g/mol. The van der Waals surface area contributed by atoms with Gasteiger partial charge < -0.3 is 10.4 Å². The first-order chi connectivity index (χ1) is 11.3. The molecule has 0 aliphatic heterocycles. The molecule has 124 valence electrons. The molecule has 0 radical (unpaired) electrons. The number of fused-ring (bicyclic) bond motifs is 1. The highest BCUT2D eigenvalue weighted by Crippen LogP contribution is 2.29. The van der Waals surface area contributed by atoms with Crippen LogP contribution in [-0.4, -0.2) is 17.7 Å². The lowest BCUT2D eigenvalue weighted by Gasteiger charge is -2.16. The van der Waals surface area contributed by atoms with Crippen LogP contribution in [0.15, 0.2) is 36.4 Å². The Hall–Kier alpha value is -1.16. The van der Waals surface area contributed by atoms with Gasteiger partial charge >= 0.3 is 0 Å². The van der Waals surface area contributed by atoms with Gasteiger partial charge in [-0.1, -0.05) is 30.3 Å². The van der Waals surface area contributed by atoms with Crippen molar-refractivity contribution >= 4 is 11.3 Å². The Morgan fingerprint density at radius 3 is 2.74 bits per heavy atom. The Morgan fingerprint density at radius 2 is 1.91 bits per heavy atom. The number of aliphatic hydroxyl groups excluding tert-OH is 1. The molecule has 1 aliphatic carbocycles. The number of aliphatic hydroxyl groups is 1. The zero-order chi connectivity index (χ0) is 15.9. The molecule has 1 aliphatic rings. The second kappa shape index (κ2) is 8.62. The van der Waals surface area contributed by atoms with Gasteiger partial charge in [-0.3, -0.25) is 0 Å². The van der Waals surface area contributed by atoms with Crippen LogP contribution in [0, 0.1) is 0 Å². The van der Waals surface area contributed by atoms with Crippen molar-refractivity contribution in [3.05, 3.63) is 57.3 Å². The van der Waals surface area contributed by atoms with Gasteiger partial charge in [0.05, 0.1) is 6.61 Å². The Morgan fingerprint density at radius 1 is 1.09 bits per heavy atom. The highest BCUT2D eigenvalue weighted by Gasteiger charge is 2.17. The van der Waals surface area contributed by atoms with Crippen molar-refractivity contribution < 1.29 is 5.11 Å². The number of benzene rings is 1. The maximum absolute atomic E-state index is 9.26. The fourth-order valence-electron chi connectivity index (χ4n) is 3.42. The predicted octanol–water partition coefficient (Wildman–Crippen LogP) is 4.10. The van der Waals surface area contributed by atoms with Crippen LogP contribution < -0.4 is 5.32 Å². The summed E-state index contributed by atoms with van der Waals surface area (Å²) in [6.45, 7) is 1.33. The maximum Gasteiger partial charge on any atom is 0.0774 e. The van der Waals surface area contributed by atoms with Crippen molar-refractivity contribution in [1.82, 2.24) is 5.32 Å². The molecule has 1 unspecified atom stereocenters. The van der Waals surface area contributed by atoms with Crippen molar-refractivity contribution in [2.24, 2.45) is 0 Å². The molecule has 1 atom stereocenters. The van der Waals surface area contributed by atoms with Crippen LogP contribution >= 0.6 is 11.3 Å². The van der Waals surface area contributed by atoms with E-state index in [2.05, 4.69) is 41.7 Å². The molecular formula is C20H27NOS. The van der Waals surface area contributed by atoms with Crippen molar-refractivity contribution in [3.8, 4) is 0 Å². The second-order valence-corrected chi connectivity index (χ2v) is 7.71. The van der Waals surface area contributed by atoms with Gasteiger partial charge in [0.2, 0.25) is 0 Å². The zero-order valence-electron chi connectivity index (χ0n) is 13.8. The number of hydrogen-bond acceptors (Lipinski definition) is 3. The van der Waals surface area contributed by atoms with Crippen molar-refractivity contribution in [2.45, 2.75) is 57.6 Å². The van der Waals surface area contributed by atoms with E-state index in [1.54, 1.807) is 11.3 Å². The standard InChI is InChI=1S/C20H27NOS/c22-15-19-14-17-9-10-18(11-12-20(17)23-19)21-13-5-4-8-16-6-2-1-3-7-16/h1-3,6-7,14,18,21-22H,4-5,8-13,15H2. The van der Waals surface area contributed by atoms with Crippen molar-refractivity contribution in [3.63, 3.8) is 0 Å². The molecule has 2 N–H and O–H groups in total. The van der Waals surface area contributed by atoms with Crippen molar-refractivity contribution in [1.29, 1.82) is 0 Å². The van der Waals surface area contributed by atoms with Crippen LogP contribution in [0.2, 0.25) is 0 Å². The van der Waals surface area contributed by atoms with Gasteiger partial charge in [0.25, 0.3) is 0 Å². The molecule has 2 aromatic rings. The molecular weight excluding hydrogens is 302 g/mol. The van der Waals surface area contributed by atoms with Crippen LogP contribution in [0.3, 0.4) is 0 Å². The highest BCUT2D eigenvalue weighted by molar-refractivity contribution is 7.12. The van der Waals surface area contributed by atoms with Crippen LogP contribution in [0.5, 0.6) is 0 Å². The Labute approximate surface area is 143 Å². The normalized spacial score (nSPS) is 17.7.